The summed E-state index contributed by atoms with van der Waals surface area (Å²) in [6.07, 6.45) is 3.47. The monoisotopic (exact) mass is 502 g/mol. The number of amides is 1. The summed E-state index contributed by atoms with van der Waals surface area (Å²) in [5.41, 5.74) is 3.22. The number of carbonyl (C=O) groups excluding carboxylic acids is 1. The first-order valence-corrected chi connectivity index (χ1v) is 14.0. The predicted octanol–water partition coefficient (Wildman–Crippen LogP) is 6.16. The average molecular weight is 503 g/mol. The fourth-order valence-electron chi connectivity index (χ4n) is 3.62. The van der Waals surface area contributed by atoms with Crippen molar-refractivity contribution in [1.29, 1.82) is 0 Å². The number of unbranched alkanes of at least 4 members (excludes halogenated alkanes) is 1. The molecule has 0 radical (unpaired) electrons. The molecule has 0 fully saturated rings. The molecule has 1 amide bonds. The van der Waals surface area contributed by atoms with Crippen LogP contribution in [-0.4, -0.2) is 27.5 Å². The van der Waals surface area contributed by atoms with Crippen molar-refractivity contribution >= 4 is 21.6 Å². The molecule has 0 atom stereocenters. The van der Waals surface area contributed by atoms with Crippen molar-refractivity contribution in [3.05, 3.63) is 53.6 Å². The van der Waals surface area contributed by atoms with Gasteiger partial charge in [-0.15, -0.1) is 0 Å². The summed E-state index contributed by atoms with van der Waals surface area (Å²) in [5, 5.41) is 2.63. The molecule has 6 nitrogen and oxygen atoms in total. The van der Waals surface area contributed by atoms with Gasteiger partial charge in [-0.2, -0.15) is 0 Å². The van der Waals surface area contributed by atoms with E-state index in [0.29, 0.717) is 25.3 Å². The maximum atomic E-state index is 12.5. The van der Waals surface area contributed by atoms with Crippen molar-refractivity contribution in [2.24, 2.45) is 0 Å². The lowest BCUT2D eigenvalue weighted by molar-refractivity contribution is -0.114. The fraction of sp³-hybridized carbons (Fsp3) is 0.536. The summed E-state index contributed by atoms with van der Waals surface area (Å²) < 4.78 is 33.8. The zero-order valence-electron chi connectivity index (χ0n) is 22.3. The lowest BCUT2D eigenvalue weighted by Gasteiger charge is -2.30. The standard InChI is InChI=1S/C28H42N2O4S/c1-8-27(4,5)22-12-17-26(25(20-22)28(6,7)9-2)34-19-11-10-18-29-35(32,33)24-15-13-23(14-16-24)30-21(3)31/h12-17,20,29H,8-11,18-19H2,1-7H3,(H,30,31). The normalized spacial score (nSPS) is 12.4. The van der Waals surface area contributed by atoms with Crippen LogP contribution in [0.2, 0.25) is 0 Å². The van der Waals surface area contributed by atoms with Gasteiger partial charge in [-0.3, -0.25) is 4.79 Å². The van der Waals surface area contributed by atoms with Gasteiger partial charge in [0.15, 0.2) is 0 Å². The Morgan fingerprint density at radius 3 is 2.11 bits per heavy atom. The van der Waals surface area contributed by atoms with E-state index in [1.165, 1.54) is 30.2 Å². The van der Waals surface area contributed by atoms with Crippen LogP contribution in [0.4, 0.5) is 5.69 Å². The van der Waals surface area contributed by atoms with Gasteiger partial charge in [0.25, 0.3) is 0 Å². The first-order valence-electron chi connectivity index (χ1n) is 12.5. The van der Waals surface area contributed by atoms with E-state index in [1.54, 1.807) is 12.1 Å². The first-order chi connectivity index (χ1) is 16.3. The van der Waals surface area contributed by atoms with Gasteiger partial charge in [0.1, 0.15) is 5.75 Å². The Morgan fingerprint density at radius 2 is 1.54 bits per heavy atom. The molecule has 0 spiro atoms. The van der Waals surface area contributed by atoms with Gasteiger partial charge >= 0.3 is 0 Å². The zero-order valence-corrected chi connectivity index (χ0v) is 23.1. The van der Waals surface area contributed by atoms with Crippen molar-refractivity contribution in [2.75, 3.05) is 18.5 Å². The number of hydrogen-bond acceptors (Lipinski definition) is 4. The van der Waals surface area contributed by atoms with Gasteiger partial charge in [0, 0.05) is 24.7 Å². The summed E-state index contributed by atoms with van der Waals surface area (Å²) in [4.78, 5) is 11.3. The summed E-state index contributed by atoms with van der Waals surface area (Å²) >= 11 is 0. The Balaban J connectivity index is 1.93. The molecule has 0 bridgehead atoms. The van der Waals surface area contributed by atoms with Crippen molar-refractivity contribution in [1.82, 2.24) is 4.72 Å². The Labute approximate surface area is 211 Å². The van der Waals surface area contributed by atoms with Crippen molar-refractivity contribution in [3.63, 3.8) is 0 Å². The summed E-state index contributed by atoms with van der Waals surface area (Å²) in [6.45, 7) is 15.7. The molecule has 35 heavy (non-hydrogen) atoms. The van der Waals surface area contributed by atoms with Crippen LogP contribution in [0.1, 0.15) is 85.3 Å². The van der Waals surface area contributed by atoms with Crippen LogP contribution >= 0.6 is 0 Å². The fourth-order valence-corrected chi connectivity index (χ4v) is 4.69. The molecule has 0 aliphatic rings. The molecule has 0 aromatic heterocycles. The molecule has 0 aliphatic carbocycles. The van der Waals surface area contributed by atoms with Gasteiger partial charge in [-0.25, -0.2) is 13.1 Å². The van der Waals surface area contributed by atoms with Crippen LogP contribution in [0.5, 0.6) is 5.75 Å². The lowest BCUT2D eigenvalue weighted by Crippen LogP contribution is -2.25. The van der Waals surface area contributed by atoms with Crippen molar-refractivity contribution in [2.45, 2.75) is 89.9 Å². The second-order valence-electron chi connectivity index (χ2n) is 10.3. The second-order valence-corrected chi connectivity index (χ2v) is 12.1. The SMILES string of the molecule is CCC(C)(C)c1ccc(OCCCCNS(=O)(=O)c2ccc(NC(C)=O)cc2)c(C(C)(C)CC)c1. The number of hydrogen-bond donors (Lipinski definition) is 2. The van der Waals surface area contributed by atoms with E-state index in [0.717, 1.165) is 25.0 Å². The first kappa shape index (κ1) is 28.9. The molecule has 194 valence electrons. The number of rotatable bonds is 13. The number of benzene rings is 2. The number of nitrogens with one attached hydrogen (secondary N) is 2. The second kappa shape index (κ2) is 12.0. The average Bonchev–Trinajstić information content (AvgIpc) is 2.81. The van der Waals surface area contributed by atoms with Crippen LogP contribution in [0.15, 0.2) is 47.4 Å². The quantitative estimate of drug-likeness (QED) is 0.321. The molecule has 7 heteroatoms. The van der Waals surface area contributed by atoms with Gasteiger partial charge in [0.05, 0.1) is 11.5 Å². The number of carbonyl (C=O) groups is 1. The predicted molar refractivity (Wildman–Crippen MR) is 144 cm³/mol. The maximum Gasteiger partial charge on any atom is 0.240 e. The Bertz CT molecular complexity index is 1090. The van der Waals surface area contributed by atoms with Crippen LogP contribution in [0.3, 0.4) is 0 Å². The highest BCUT2D eigenvalue weighted by Crippen LogP contribution is 2.38. The Morgan fingerprint density at radius 1 is 0.914 bits per heavy atom. The van der Waals surface area contributed by atoms with Crippen LogP contribution < -0.4 is 14.8 Å². The zero-order chi connectivity index (χ0) is 26.3. The molecule has 0 saturated carbocycles. The summed E-state index contributed by atoms with van der Waals surface area (Å²) in [7, 11) is -3.60. The minimum Gasteiger partial charge on any atom is -0.493 e. The molecule has 2 aromatic carbocycles. The van der Waals surface area contributed by atoms with E-state index in [1.807, 2.05) is 0 Å². The van der Waals surface area contributed by atoms with Crippen molar-refractivity contribution in [3.8, 4) is 5.75 Å². The molecule has 0 heterocycles. The maximum absolute atomic E-state index is 12.5. The number of anilines is 1. The van der Waals surface area contributed by atoms with E-state index >= 15 is 0 Å². The van der Waals surface area contributed by atoms with E-state index < -0.39 is 10.0 Å². The van der Waals surface area contributed by atoms with Crippen LogP contribution in [-0.2, 0) is 25.6 Å². The number of sulfonamides is 1. The molecule has 0 aliphatic heterocycles. The van der Waals surface area contributed by atoms with Gasteiger partial charge < -0.3 is 10.1 Å². The molecular formula is C28H42N2O4S. The van der Waals surface area contributed by atoms with Crippen molar-refractivity contribution < 1.29 is 17.9 Å². The van der Waals surface area contributed by atoms with Gasteiger partial charge in [0.2, 0.25) is 15.9 Å². The Kier molecular flexibility index (Phi) is 9.93. The highest BCUT2D eigenvalue weighted by atomic mass is 32.2. The molecule has 0 saturated heterocycles. The topological polar surface area (TPSA) is 84.5 Å². The van der Waals surface area contributed by atoms with E-state index in [4.69, 9.17) is 4.74 Å². The van der Waals surface area contributed by atoms with Gasteiger partial charge in [-0.05, 0) is 72.4 Å². The minimum atomic E-state index is -3.60. The highest BCUT2D eigenvalue weighted by molar-refractivity contribution is 7.89. The molecule has 2 N–H and O–H groups in total. The summed E-state index contributed by atoms with van der Waals surface area (Å²) in [5.74, 6) is 0.708. The van der Waals surface area contributed by atoms with E-state index in [9.17, 15) is 13.2 Å². The lowest BCUT2D eigenvalue weighted by atomic mass is 9.76. The largest absolute Gasteiger partial charge is 0.493 e. The van der Waals surface area contributed by atoms with E-state index in [2.05, 4.69) is 69.8 Å². The van der Waals surface area contributed by atoms with Crippen LogP contribution in [0, 0.1) is 0 Å². The third-order valence-corrected chi connectivity index (χ3v) is 8.34. The molecule has 0 unspecified atom stereocenters. The number of ether oxygens (including phenoxy) is 1. The van der Waals surface area contributed by atoms with Crippen LogP contribution in [0.25, 0.3) is 0 Å². The Hall–Kier alpha value is -2.38. The molecular weight excluding hydrogens is 460 g/mol. The highest BCUT2D eigenvalue weighted by Gasteiger charge is 2.26. The third kappa shape index (κ3) is 8.07. The minimum absolute atomic E-state index is 0.000282. The molecule has 2 aromatic rings. The smallest absolute Gasteiger partial charge is 0.240 e. The van der Waals surface area contributed by atoms with Gasteiger partial charge in [-0.1, -0.05) is 53.7 Å². The molecule has 2 rings (SSSR count). The summed E-state index contributed by atoms with van der Waals surface area (Å²) in [6, 6.07) is 12.7. The third-order valence-electron chi connectivity index (χ3n) is 6.86. The van der Waals surface area contributed by atoms with E-state index in [-0.39, 0.29) is 21.6 Å².